The molecule has 0 aromatic heterocycles. The summed E-state index contributed by atoms with van der Waals surface area (Å²) >= 11 is 0. The zero-order valence-electron chi connectivity index (χ0n) is 18.0. The summed E-state index contributed by atoms with van der Waals surface area (Å²) in [5, 5.41) is 0. The maximum absolute atomic E-state index is 14.5. The van der Waals surface area contributed by atoms with Crippen molar-refractivity contribution in [1.82, 2.24) is 0 Å². The van der Waals surface area contributed by atoms with E-state index in [0.717, 1.165) is 25.9 Å². The molecular weight excluding hydrogens is 386 g/mol. The van der Waals surface area contributed by atoms with Crippen LogP contribution in [0.15, 0.2) is 36.4 Å². The Morgan fingerprint density at radius 1 is 0.933 bits per heavy atom. The number of unbranched alkanes of at least 4 members (excludes halogenated alkanes) is 1. The van der Waals surface area contributed by atoms with Gasteiger partial charge >= 0.3 is 0 Å². The van der Waals surface area contributed by atoms with E-state index >= 15 is 0 Å². The molecule has 164 valence electrons. The first-order valence-corrected chi connectivity index (χ1v) is 11.1. The summed E-state index contributed by atoms with van der Waals surface area (Å²) in [4.78, 5) is 0. The second-order valence-electron chi connectivity index (χ2n) is 7.96. The molecule has 0 spiro atoms. The predicted molar refractivity (Wildman–Crippen MR) is 115 cm³/mol. The van der Waals surface area contributed by atoms with E-state index in [9.17, 15) is 8.78 Å². The molecule has 30 heavy (non-hydrogen) atoms. The van der Waals surface area contributed by atoms with E-state index in [0.29, 0.717) is 30.4 Å². The summed E-state index contributed by atoms with van der Waals surface area (Å²) < 4.78 is 45.9. The van der Waals surface area contributed by atoms with Gasteiger partial charge in [0.05, 0.1) is 12.7 Å². The highest BCUT2D eigenvalue weighted by atomic mass is 19.2. The molecule has 3 nitrogen and oxygen atoms in total. The Labute approximate surface area is 178 Å². The molecule has 1 saturated heterocycles. The van der Waals surface area contributed by atoms with Crippen LogP contribution < -0.4 is 9.47 Å². The molecule has 2 aromatic carbocycles. The molecule has 0 saturated carbocycles. The van der Waals surface area contributed by atoms with Gasteiger partial charge in [-0.15, -0.1) is 0 Å². The van der Waals surface area contributed by atoms with Crippen LogP contribution in [0.2, 0.25) is 0 Å². The summed E-state index contributed by atoms with van der Waals surface area (Å²) in [7, 11) is 0. The minimum absolute atomic E-state index is 0.0432. The third-order valence-electron chi connectivity index (χ3n) is 5.56. The fourth-order valence-corrected chi connectivity index (χ4v) is 3.74. The summed E-state index contributed by atoms with van der Waals surface area (Å²) in [6.07, 6.45) is 6.46. The van der Waals surface area contributed by atoms with Gasteiger partial charge in [0.1, 0.15) is 12.4 Å². The topological polar surface area (TPSA) is 27.7 Å². The van der Waals surface area contributed by atoms with E-state index in [1.54, 1.807) is 30.3 Å². The molecule has 1 heterocycles. The first-order chi connectivity index (χ1) is 14.6. The minimum Gasteiger partial charge on any atom is -0.491 e. The van der Waals surface area contributed by atoms with Crippen molar-refractivity contribution in [3.63, 3.8) is 0 Å². The maximum Gasteiger partial charge on any atom is 0.201 e. The van der Waals surface area contributed by atoms with Crippen LogP contribution in [-0.2, 0) is 4.74 Å². The Morgan fingerprint density at radius 2 is 1.73 bits per heavy atom. The average molecular weight is 419 g/mol. The molecule has 0 bridgehead atoms. The van der Waals surface area contributed by atoms with E-state index in [1.165, 1.54) is 25.3 Å². The molecule has 0 amide bonds. The lowest BCUT2D eigenvalue weighted by Gasteiger charge is -2.28. The molecular formula is C25H32F2O3. The molecule has 2 aromatic rings. The molecule has 2 atom stereocenters. The van der Waals surface area contributed by atoms with Gasteiger partial charge in [-0.05, 0) is 61.4 Å². The summed E-state index contributed by atoms with van der Waals surface area (Å²) in [5.74, 6) is -0.518. The lowest BCUT2D eigenvalue weighted by Crippen LogP contribution is -2.30. The van der Waals surface area contributed by atoms with Crippen LogP contribution in [0.25, 0.3) is 11.1 Å². The normalized spacial score (nSPS) is 18.9. The zero-order valence-corrected chi connectivity index (χ0v) is 18.0. The van der Waals surface area contributed by atoms with E-state index in [2.05, 4.69) is 6.92 Å². The highest BCUT2D eigenvalue weighted by Gasteiger charge is 2.21. The number of benzene rings is 2. The van der Waals surface area contributed by atoms with Crippen LogP contribution in [0.4, 0.5) is 8.78 Å². The van der Waals surface area contributed by atoms with Gasteiger partial charge in [-0.3, -0.25) is 0 Å². The second-order valence-corrected chi connectivity index (χ2v) is 7.96. The number of ether oxygens (including phenoxy) is 3. The smallest absolute Gasteiger partial charge is 0.201 e. The Morgan fingerprint density at radius 3 is 2.40 bits per heavy atom. The van der Waals surface area contributed by atoms with Crippen molar-refractivity contribution in [3.05, 3.63) is 48.0 Å². The van der Waals surface area contributed by atoms with Gasteiger partial charge in [-0.1, -0.05) is 38.8 Å². The van der Waals surface area contributed by atoms with E-state index in [4.69, 9.17) is 14.2 Å². The van der Waals surface area contributed by atoms with Crippen LogP contribution >= 0.6 is 0 Å². The molecule has 5 heteroatoms. The monoisotopic (exact) mass is 418 g/mol. The Bertz CT molecular complexity index is 784. The highest BCUT2D eigenvalue weighted by Crippen LogP contribution is 2.31. The van der Waals surface area contributed by atoms with Gasteiger partial charge in [-0.25, -0.2) is 4.39 Å². The molecule has 0 aliphatic carbocycles. The van der Waals surface area contributed by atoms with Crippen molar-refractivity contribution in [2.75, 3.05) is 19.8 Å². The first-order valence-electron chi connectivity index (χ1n) is 11.1. The van der Waals surface area contributed by atoms with Gasteiger partial charge < -0.3 is 14.2 Å². The van der Waals surface area contributed by atoms with Gasteiger partial charge in [0.2, 0.25) is 5.82 Å². The van der Waals surface area contributed by atoms with E-state index in [-0.39, 0.29) is 17.4 Å². The van der Waals surface area contributed by atoms with E-state index in [1.807, 2.05) is 6.92 Å². The van der Waals surface area contributed by atoms with Gasteiger partial charge in [-0.2, -0.15) is 4.39 Å². The fraction of sp³-hybridized carbons (Fsp3) is 0.520. The number of hydrogen-bond donors (Lipinski definition) is 0. The molecule has 1 fully saturated rings. The summed E-state index contributed by atoms with van der Waals surface area (Å²) in [6, 6.07) is 10.1. The number of hydrogen-bond acceptors (Lipinski definition) is 3. The number of halogens is 2. The third-order valence-corrected chi connectivity index (χ3v) is 5.56. The van der Waals surface area contributed by atoms with Crippen LogP contribution in [0.1, 0.15) is 52.4 Å². The average Bonchev–Trinajstić information content (AvgIpc) is 2.77. The standard InChI is InChI=1S/C25H32F2O3/c1-3-5-15-28-23-14-13-22(24(26)25(23)27)19-8-11-20(12-9-19)30-17-21-10-7-18(6-4-2)16-29-21/h8-9,11-14,18,21H,3-7,10,15-17H2,1-2H3. The van der Waals surface area contributed by atoms with E-state index < -0.39 is 11.6 Å². The molecule has 1 aliphatic heterocycles. The van der Waals surface area contributed by atoms with Crippen molar-refractivity contribution in [2.24, 2.45) is 5.92 Å². The Kier molecular flexibility index (Phi) is 8.50. The molecule has 0 radical (unpaired) electrons. The van der Waals surface area contributed by atoms with Crippen LogP contribution in [0.5, 0.6) is 11.5 Å². The second kappa shape index (κ2) is 11.3. The molecule has 3 rings (SSSR count). The van der Waals surface area contributed by atoms with Crippen LogP contribution in [-0.4, -0.2) is 25.9 Å². The Hall–Kier alpha value is -2.14. The largest absolute Gasteiger partial charge is 0.491 e. The van der Waals surface area contributed by atoms with Crippen LogP contribution in [0.3, 0.4) is 0 Å². The molecule has 1 aliphatic rings. The van der Waals surface area contributed by atoms with Crippen molar-refractivity contribution >= 4 is 0 Å². The molecule has 0 N–H and O–H groups in total. The summed E-state index contributed by atoms with van der Waals surface area (Å²) in [6.45, 7) is 5.91. The van der Waals surface area contributed by atoms with Crippen LogP contribution in [0, 0.1) is 17.6 Å². The quantitative estimate of drug-likeness (QED) is 0.398. The Balaban J connectivity index is 1.56. The minimum atomic E-state index is -0.945. The lowest BCUT2D eigenvalue weighted by atomic mass is 9.95. The number of rotatable bonds is 10. The lowest BCUT2D eigenvalue weighted by molar-refractivity contribution is -0.0391. The van der Waals surface area contributed by atoms with Gasteiger partial charge in [0.25, 0.3) is 0 Å². The van der Waals surface area contributed by atoms with Gasteiger partial charge in [0, 0.05) is 12.2 Å². The molecule has 2 unspecified atom stereocenters. The zero-order chi connectivity index (χ0) is 21.3. The predicted octanol–water partition coefficient (Wildman–Crippen LogP) is 6.78. The third kappa shape index (κ3) is 5.94. The van der Waals surface area contributed by atoms with Crippen molar-refractivity contribution in [3.8, 4) is 22.6 Å². The van der Waals surface area contributed by atoms with Crippen molar-refractivity contribution in [1.29, 1.82) is 0 Å². The van der Waals surface area contributed by atoms with Gasteiger partial charge in [0.15, 0.2) is 11.6 Å². The first kappa shape index (κ1) is 22.5. The highest BCUT2D eigenvalue weighted by molar-refractivity contribution is 5.66. The maximum atomic E-state index is 14.5. The van der Waals surface area contributed by atoms with Crippen molar-refractivity contribution < 1.29 is 23.0 Å². The van der Waals surface area contributed by atoms with Crippen molar-refractivity contribution in [2.45, 2.75) is 58.5 Å². The SMILES string of the molecule is CCCCOc1ccc(-c2ccc(OCC3CCC(CCC)CO3)cc2)c(F)c1F. The fourth-order valence-electron chi connectivity index (χ4n) is 3.74. The summed E-state index contributed by atoms with van der Waals surface area (Å²) in [5.41, 5.74) is 0.801.